The van der Waals surface area contributed by atoms with E-state index in [1.54, 1.807) is 62.8 Å². The lowest BCUT2D eigenvalue weighted by atomic mass is 10.1. The topological polar surface area (TPSA) is 193 Å². The van der Waals surface area contributed by atoms with Crippen LogP contribution in [0.25, 0.3) is 0 Å². The Labute approximate surface area is 368 Å². The fraction of sp³-hybridized carbons (Fsp3) is 0.838. The van der Waals surface area contributed by atoms with Gasteiger partial charge in [0.2, 0.25) is 0 Å². The Morgan fingerprint density at radius 1 is 0.338 bits per heavy atom. The lowest BCUT2D eigenvalue weighted by molar-refractivity contribution is -0.945. The summed E-state index contributed by atoms with van der Waals surface area (Å²) >= 11 is 0. The van der Waals surface area contributed by atoms with Crippen LogP contribution in [0.2, 0.25) is 0 Å². The average molecular weight is 975 g/mol. The lowest BCUT2D eigenvalue weighted by Crippen LogP contribution is -2.58. The number of rotatable bonds is 26. The molecule has 0 aliphatic heterocycles. The van der Waals surface area contributed by atoms with Crippen molar-refractivity contribution in [2.24, 2.45) is 0 Å². The van der Waals surface area contributed by atoms with Gasteiger partial charge in [0.05, 0.1) is 65.4 Å². The van der Waals surface area contributed by atoms with E-state index in [2.05, 4.69) is 10.6 Å². The highest BCUT2D eigenvalue weighted by Crippen LogP contribution is 2.20. The molecule has 65 heavy (non-hydrogen) atoms. The van der Waals surface area contributed by atoms with E-state index in [0.29, 0.717) is 0 Å². The number of alkyl carbamates (subject to hydrolysis) is 2. The zero-order chi connectivity index (χ0) is 50.6. The molecular formula is C37H62F12N8O8+2. The Hall–Kier alpha value is -4.50. The van der Waals surface area contributed by atoms with Crippen LogP contribution in [0.15, 0.2) is 0 Å². The van der Waals surface area contributed by atoms with Crippen LogP contribution in [0.3, 0.4) is 0 Å². The van der Waals surface area contributed by atoms with Crippen LogP contribution < -0.4 is 31.9 Å². The van der Waals surface area contributed by atoms with Crippen LogP contribution in [0.1, 0.15) is 73.6 Å². The quantitative estimate of drug-likeness (QED) is 0.0419. The monoisotopic (exact) mass is 974 g/mol. The molecule has 0 radical (unpaired) electrons. The molecule has 0 aromatic heterocycles. The number of quaternary nitrogens is 2. The highest BCUT2D eigenvalue weighted by atomic mass is 19.4. The Balaban J connectivity index is 6.99. The Kier molecular flexibility index (Phi) is 24.2. The largest absolute Gasteiger partial charge is 0.471 e. The summed E-state index contributed by atoms with van der Waals surface area (Å²) in [7, 11) is 0. The third-order valence-corrected chi connectivity index (χ3v) is 9.18. The number of ether oxygens (including phenoxy) is 2. The van der Waals surface area contributed by atoms with E-state index < -0.39 is 97.9 Å². The molecule has 0 rings (SSSR count). The van der Waals surface area contributed by atoms with Gasteiger partial charge in [-0.05, 0) is 41.5 Å². The summed E-state index contributed by atoms with van der Waals surface area (Å²) in [4.78, 5) is 71.3. The third kappa shape index (κ3) is 28.2. The Morgan fingerprint density at radius 2 is 0.554 bits per heavy atom. The van der Waals surface area contributed by atoms with Crippen molar-refractivity contribution in [3.8, 4) is 0 Å². The lowest BCUT2D eigenvalue weighted by Gasteiger charge is -2.42. The van der Waals surface area contributed by atoms with Gasteiger partial charge in [0, 0.05) is 58.3 Å². The third-order valence-electron chi connectivity index (χ3n) is 9.18. The normalized spacial score (nSPS) is 13.1. The van der Waals surface area contributed by atoms with E-state index >= 15 is 0 Å². The first kappa shape index (κ1) is 60.5. The van der Waals surface area contributed by atoms with Gasteiger partial charge in [0.15, 0.2) is 0 Å². The van der Waals surface area contributed by atoms with Gasteiger partial charge in [-0.2, -0.15) is 52.7 Å². The van der Waals surface area contributed by atoms with E-state index in [1.165, 1.54) is 0 Å². The van der Waals surface area contributed by atoms with Crippen molar-refractivity contribution < 1.29 is 99.9 Å². The predicted molar refractivity (Wildman–Crippen MR) is 207 cm³/mol. The molecule has 0 saturated carbocycles. The number of carbonyl (C=O) groups excluding carboxylic acids is 6. The maximum absolute atomic E-state index is 13.0. The minimum absolute atomic E-state index is 0.00839. The fourth-order valence-electron chi connectivity index (χ4n) is 6.37. The molecule has 0 aromatic rings. The summed E-state index contributed by atoms with van der Waals surface area (Å²) in [6.07, 6.45) is -23.3. The number of hydrogen-bond donors (Lipinski definition) is 6. The van der Waals surface area contributed by atoms with Gasteiger partial charge >= 0.3 is 60.5 Å². The molecule has 0 spiro atoms. The molecule has 0 aliphatic carbocycles. The van der Waals surface area contributed by atoms with Gasteiger partial charge in [-0.25, -0.2) is 9.59 Å². The van der Waals surface area contributed by atoms with Crippen LogP contribution >= 0.6 is 0 Å². The van der Waals surface area contributed by atoms with Crippen LogP contribution in [-0.4, -0.2) is 172 Å². The van der Waals surface area contributed by atoms with Gasteiger partial charge in [0.25, 0.3) is 0 Å². The zero-order valence-electron chi connectivity index (χ0n) is 37.1. The molecule has 0 atom stereocenters. The number of hydrogen-bond acceptors (Lipinski definition) is 8. The molecule has 0 fully saturated rings. The standard InChI is InChI=1S/C37H60F12N8O8/c1-32(2,3)64-30(62)54-16-24-56(18-7-12-50-26(58)34(38,39)40,19-8-13-51-27(59)35(41,42)43)22-11-23-57(20-9-14-52-28(60)36(44,45)46,21-10-15-53-29(61)37(47,48)49)25-17-55-31(63)65-33(4,5)6/h7-25H2,1-6H3,(H4-2,50,51,52,53,54,55,58,59,60,61,62,63)/p+2. The van der Waals surface area contributed by atoms with Crippen molar-refractivity contribution in [1.29, 1.82) is 0 Å². The highest BCUT2D eigenvalue weighted by molar-refractivity contribution is 5.82. The average Bonchev–Trinajstić information content (AvgIpc) is 3.11. The molecule has 0 heterocycles. The van der Waals surface area contributed by atoms with E-state index in [0.717, 1.165) is 0 Å². The summed E-state index contributed by atoms with van der Waals surface area (Å²) in [5.74, 6) is -9.01. The second kappa shape index (κ2) is 26.0. The molecule has 6 N–H and O–H groups in total. The Bertz CT molecular complexity index is 1350. The first-order valence-corrected chi connectivity index (χ1v) is 20.5. The van der Waals surface area contributed by atoms with Gasteiger partial charge in [0.1, 0.15) is 11.2 Å². The van der Waals surface area contributed by atoms with Gasteiger partial charge < -0.3 is 50.3 Å². The van der Waals surface area contributed by atoms with Gasteiger partial charge in [-0.3, -0.25) is 19.2 Å². The molecule has 0 aromatic carbocycles. The first-order chi connectivity index (χ1) is 29.4. The molecule has 380 valence electrons. The molecule has 16 nitrogen and oxygen atoms in total. The molecule has 0 bridgehead atoms. The highest BCUT2D eigenvalue weighted by Gasteiger charge is 2.41. The van der Waals surface area contributed by atoms with Gasteiger partial charge in [-0.1, -0.05) is 0 Å². The number of nitrogens with zero attached hydrogens (tertiary/aromatic N) is 2. The number of amides is 6. The summed E-state index contributed by atoms with van der Waals surface area (Å²) in [6.45, 7) is 6.41. The maximum atomic E-state index is 13.0. The fourth-order valence-corrected chi connectivity index (χ4v) is 6.37. The molecule has 0 unspecified atom stereocenters. The van der Waals surface area contributed by atoms with Crippen LogP contribution in [0.5, 0.6) is 0 Å². The summed E-state index contributed by atoms with van der Waals surface area (Å²) < 4.78 is 166. The Morgan fingerprint density at radius 3 is 0.754 bits per heavy atom. The minimum atomic E-state index is -5.23. The second-order valence-electron chi connectivity index (χ2n) is 17.1. The van der Waals surface area contributed by atoms with Crippen molar-refractivity contribution in [3.05, 3.63) is 0 Å². The van der Waals surface area contributed by atoms with Crippen molar-refractivity contribution >= 4 is 35.8 Å². The molecular weight excluding hydrogens is 912 g/mol. The number of carbonyl (C=O) groups is 6. The summed E-state index contributed by atoms with van der Waals surface area (Å²) in [5.41, 5.74) is -1.90. The molecule has 0 aliphatic rings. The number of nitrogens with one attached hydrogen (secondary N) is 6. The molecule has 0 saturated heterocycles. The van der Waals surface area contributed by atoms with Gasteiger partial charge in [-0.15, -0.1) is 0 Å². The van der Waals surface area contributed by atoms with Crippen LogP contribution in [-0.2, 0) is 28.7 Å². The zero-order valence-corrected chi connectivity index (χ0v) is 37.1. The minimum Gasteiger partial charge on any atom is -0.444 e. The van der Waals surface area contributed by atoms with E-state index in [1.807, 2.05) is 0 Å². The summed E-state index contributed by atoms with van der Waals surface area (Å²) in [6, 6.07) is 0. The van der Waals surface area contributed by atoms with E-state index in [9.17, 15) is 81.5 Å². The smallest absolute Gasteiger partial charge is 0.444 e. The second-order valence-corrected chi connectivity index (χ2v) is 17.1. The van der Waals surface area contributed by atoms with E-state index in [-0.39, 0.29) is 107 Å². The van der Waals surface area contributed by atoms with Crippen molar-refractivity contribution in [1.82, 2.24) is 31.9 Å². The van der Waals surface area contributed by atoms with Crippen molar-refractivity contribution in [3.63, 3.8) is 0 Å². The molecule has 6 amide bonds. The number of halogens is 12. The summed E-state index contributed by atoms with van der Waals surface area (Å²) in [5, 5.41) is 11.9. The number of alkyl halides is 12. The van der Waals surface area contributed by atoms with Crippen molar-refractivity contribution in [2.45, 2.75) is 110 Å². The van der Waals surface area contributed by atoms with Crippen molar-refractivity contribution in [2.75, 3.05) is 91.6 Å². The SMILES string of the molecule is CC(C)(C)OC(=O)NCC[N+](CCCNC(=O)C(F)(F)F)(CCCNC(=O)C(F)(F)F)CCC[N+](CCCNC(=O)C(F)(F)F)(CCCNC(=O)C(F)(F)F)CCNC(=O)OC(C)(C)C. The van der Waals surface area contributed by atoms with Crippen LogP contribution in [0, 0.1) is 0 Å². The van der Waals surface area contributed by atoms with E-state index in [4.69, 9.17) is 9.47 Å². The first-order valence-electron chi connectivity index (χ1n) is 20.5. The van der Waals surface area contributed by atoms with Crippen LogP contribution in [0.4, 0.5) is 62.3 Å². The maximum Gasteiger partial charge on any atom is 0.471 e. The predicted octanol–water partition coefficient (Wildman–Crippen LogP) is 4.33. The molecule has 28 heteroatoms.